The van der Waals surface area contributed by atoms with Crippen LogP contribution >= 0.6 is 12.2 Å². The number of thiocarbonyl (C=S) groups is 1. The van der Waals surface area contributed by atoms with E-state index in [1.165, 1.54) is 16.7 Å². The van der Waals surface area contributed by atoms with Crippen molar-refractivity contribution in [2.24, 2.45) is 0 Å². The summed E-state index contributed by atoms with van der Waals surface area (Å²) in [6, 6.07) is 16.8. The summed E-state index contributed by atoms with van der Waals surface area (Å²) in [7, 11) is 0. The van der Waals surface area contributed by atoms with Crippen molar-refractivity contribution in [3.8, 4) is 0 Å². The number of aryl methyl sites for hydroxylation is 2. The first-order valence-electron chi connectivity index (χ1n) is 7.27. The summed E-state index contributed by atoms with van der Waals surface area (Å²) in [6.45, 7) is 8.02. The number of rotatable bonds is 4. The van der Waals surface area contributed by atoms with E-state index < -0.39 is 0 Å². The molecule has 0 aliphatic heterocycles. The largest absolute Gasteiger partial charge is 0.345 e. The molecule has 2 aromatic carbocycles. The minimum Gasteiger partial charge on any atom is -0.345 e. The van der Waals surface area contributed by atoms with Crippen molar-refractivity contribution in [3.05, 3.63) is 65.2 Å². The summed E-state index contributed by atoms with van der Waals surface area (Å²) >= 11 is 5.57. The maximum absolute atomic E-state index is 5.57. The van der Waals surface area contributed by atoms with Gasteiger partial charge in [0, 0.05) is 18.8 Å². The Morgan fingerprint density at radius 2 is 1.81 bits per heavy atom. The smallest absolute Gasteiger partial charge is 0.173 e. The minimum atomic E-state index is 0.773. The lowest BCUT2D eigenvalue weighted by atomic mass is 10.1. The van der Waals surface area contributed by atoms with Gasteiger partial charge in [0.1, 0.15) is 0 Å². The maximum atomic E-state index is 5.57. The molecule has 0 spiro atoms. The summed E-state index contributed by atoms with van der Waals surface area (Å²) in [4.78, 5) is 2.17. The second kappa shape index (κ2) is 7.23. The van der Waals surface area contributed by atoms with Crippen LogP contribution in [0.1, 0.15) is 23.6 Å². The molecule has 0 aromatic heterocycles. The molecule has 0 radical (unpaired) electrons. The average Bonchev–Trinajstić information content (AvgIpc) is 2.49. The molecule has 0 amide bonds. The van der Waals surface area contributed by atoms with Crippen LogP contribution in [-0.2, 0) is 6.54 Å². The average molecular weight is 298 g/mol. The fraction of sp³-hybridized carbons (Fsp3) is 0.278. The van der Waals surface area contributed by atoms with Crippen LogP contribution in [0.15, 0.2) is 48.5 Å². The summed E-state index contributed by atoms with van der Waals surface area (Å²) in [5.74, 6) is 0. The lowest BCUT2D eigenvalue weighted by molar-refractivity contribution is 0.442. The quantitative estimate of drug-likeness (QED) is 0.835. The summed E-state index contributed by atoms with van der Waals surface area (Å²) in [6.07, 6.45) is 0. The third-order valence-corrected chi connectivity index (χ3v) is 3.88. The van der Waals surface area contributed by atoms with Gasteiger partial charge < -0.3 is 10.2 Å². The Hall–Kier alpha value is -1.87. The predicted octanol–water partition coefficient (Wildman–Crippen LogP) is 4.52. The van der Waals surface area contributed by atoms with Crippen LogP contribution in [0.2, 0.25) is 0 Å². The second-order valence-electron chi connectivity index (χ2n) is 5.25. The van der Waals surface area contributed by atoms with Gasteiger partial charge in [0.2, 0.25) is 0 Å². The molecule has 0 saturated heterocycles. The monoisotopic (exact) mass is 298 g/mol. The number of benzene rings is 2. The molecule has 2 nitrogen and oxygen atoms in total. The highest BCUT2D eigenvalue weighted by Gasteiger charge is 2.09. The standard InChI is InChI=1S/C18H22N2S/c1-4-20(13-16-8-6-5-7-9-16)18(21)19-17-12-14(2)10-11-15(17)3/h5-12H,4,13H2,1-3H3,(H,19,21). The molecule has 0 saturated carbocycles. The van der Waals surface area contributed by atoms with Crippen LogP contribution in [-0.4, -0.2) is 16.6 Å². The van der Waals surface area contributed by atoms with Gasteiger partial charge in [-0.15, -0.1) is 0 Å². The highest BCUT2D eigenvalue weighted by molar-refractivity contribution is 7.80. The molecule has 110 valence electrons. The van der Waals surface area contributed by atoms with E-state index in [2.05, 4.69) is 73.5 Å². The molecule has 0 fully saturated rings. The van der Waals surface area contributed by atoms with Gasteiger partial charge in [-0.25, -0.2) is 0 Å². The zero-order chi connectivity index (χ0) is 15.2. The highest BCUT2D eigenvalue weighted by atomic mass is 32.1. The summed E-state index contributed by atoms with van der Waals surface area (Å²) in [5, 5.41) is 4.15. The molecule has 2 aromatic rings. The van der Waals surface area contributed by atoms with Gasteiger partial charge >= 0.3 is 0 Å². The van der Waals surface area contributed by atoms with Crippen LogP contribution in [0, 0.1) is 13.8 Å². The van der Waals surface area contributed by atoms with Crippen LogP contribution in [0.3, 0.4) is 0 Å². The van der Waals surface area contributed by atoms with Crippen molar-refractivity contribution in [1.82, 2.24) is 4.90 Å². The van der Waals surface area contributed by atoms with Gasteiger partial charge in [-0.3, -0.25) is 0 Å². The van der Waals surface area contributed by atoms with Gasteiger partial charge in [0.05, 0.1) is 0 Å². The molecule has 0 bridgehead atoms. The molecule has 0 aliphatic carbocycles. The fourth-order valence-corrected chi connectivity index (χ4v) is 2.50. The topological polar surface area (TPSA) is 15.3 Å². The number of nitrogens with one attached hydrogen (secondary N) is 1. The van der Waals surface area contributed by atoms with Crippen LogP contribution in [0.4, 0.5) is 5.69 Å². The number of nitrogens with zero attached hydrogens (tertiary/aromatic N) is 1. The Bertz CT molecular complexity index is 608. The first-order chi connectivity index (χ1) is 10.1. The second-order valence-corrected chi connectivity index (χ2v) is 5.64. The Morgan fingerprint density at radius 1 is 1.10 bits per heavy atom. The molecule has 0 aliphatic rings. The third-order valence-electron chi connectivity index (χ3n) is 3.52. The molecule has 3 heteroatoms. The van der Waals surface area contributed by atoms with Crippen molar-refractivity contribution in [1.29, 1.82) is 0 Å². The van der Waals surface area contributed by atoms with Crippen molar-refractivity contribution in [3.63, 3.8) is 0 Å². The zero-order valence-corrected chi connectivity index (χ0v) is 13.7. The van der Waals surface area contributed by atoms with Gasteiger partial charge in [0.15, 0.2) is 5.11 Å². The van der Waals surface area contributed by atoms with E-state index in [1.807, 2.05) is 6.07 Å². The third kappa shape index (κ3) is 4.30. The first kappa shape index (κ1) is 15.5. The minimum absolute atomic E-state index is 0.773. The summed E-state index contributed by atoms with van der Waals surface area (Å²) in [5.41, 5.74) is 4.80. The summed E-state index contributed by atoms with van der Waals surface area (Å²) < 4.78 is 0. The Morgan fingerprint density at radius 3 is 2.48 bits per heavy atom. The van der Waals surface area contributed by atoms with Crippen molar-refractivity contribution < 1.29 is 0 Å². The molecule has 0 heterocycles. The Kier molecular flexibility index (Phi) is 5.34. The molecule has 1 N–H and O–H groups in total. The first-order valence-corrected chi connectivity index (χ1v) is 7.68. The van der Waals surface area contributed by atoms with E-state index in [4.69, 9.17) is 12.2 Å². The molecular formula is C18H22N2S. The maximum Gasteiger partial charge on any atom is 0.173 e. The van der Waals surface area contributed by atoms with E-state index in [-0.39, 0.29) is 0 Å². The van der Waals surface area contributed by atoms with E-state index in [1.54, 1.807) is 0 Å². The fourth-order valence-electron chi connectivity index (χ4n) is 2.20. The van der Waals surface area contributed by atoms with E-state index in [9.17, 15) is 0 Å². The number of hydrogen-bond acceptors (Lipinski definition) is 1. The van der Waals surface area contributed by atoms with Crippen LogP contribution in [0.25, 0.3) is 0 Å². The van der Waals surface area contributed by atoms with Crippen LogP contribution < -0.4 is 5.32 Å². The molecule has 0 unspecified atom stereocenters. The van der Waals surface area contributed by atoms with Crippen molar-refractivity contribution in [2.45, 2.75) is 27.3 Å². The Labute approximate surface area is 132 Å². The van der Waals surface area contributed by atoms with Gasteiger partial charge in [-0.05, 0) is 55.7 Å². The van der Waals surface area contributed by atoms with E-state index in [0.717, 1.165) is 23.9 Å². The highest BCUT2D eigenvalue weighted by Crippen LogP contribution is 2.17. The van der Waals surface area contributed by atoms with Gasteiger partial charge in [0.25, 0.3) is 0 Å². The Balaban J connectivity index is 2.08. The van der Waals surface area contributed by atoms with Gasteiger partial charge in [-0.1, -0.05) is 42.5 Å². The van der Waals surface area contributed by atoms with E-state index >= 15 is 0 Å². The lowest BCUT2D eigenvalue weighted by Gasteiger charge is -2.25. The lowest BCUT2D eigenvalue weighted by Crippen LogP contribution is -2.34. The number of anilines is 1. The molecule has 2 rings (SSSR count). The normalized spacial score (nSPS) is 10.2. The van der Waals surface area contributed by atoms with Crippen molar-refractivity contribution in [2.75, 3.05) is 11.9 Å². The van der Waals surface area contributed by atoms with Crippen LogP contribution in [0.5, 0.6) is 0 Å². The van der Waals surface area contributed by atoms with E-state index in [0.29, 0.717) is 0 Å². The predicted molar refractivity (Wildman–Crippen MR) is 94.7 cm³/mol. The van der Waals surface area contributed by atoms with Gasteiger partial charge in [-0.2, -0.15) is 0 Å². The SMILES string of the molecule is CCN(Cc1ccccc1)C(=S)Nc1cc(C)ccc1C. The molecule has 21 heavy (non-hydrogen) atoms. The number of hydrogen-bond donors (Lipinski definition) is 1. The zero-order valence-electron chi connectivity index (χ0n) is 12.9. The molecule has 0 atom stereocenters. The molecular weight excluding hydrogens is 276 g/mol. The van der Waals surface area contributed by atoms with Crippen molar-refractivity contribution >= 4 is 23.0 Å².